The maximum atomic E-state index is 5.52. The molecule has 1 heterocycles. The Labute approximate surface area is 69.5 Å². The van der Waals surface area contributed by atoms with E-state index >= 15 is 0 Å². The molecule has 0 amide bonds. The van der Waals surface area contributed by atoms with Gasteiger partial charge in [-0.3, -0.25) is 0 Å². The lowest BCUT2D eigenvalue weighted by atomic mass is 10.4. The Morgan fingerprint density at radius 1 is 1.73 bits per heavy atom. The Kier molecular flexibility index (Phi) is 2.90. The molecule has 0 bridgehead atoms. The van der Waals surface area contributed by atoms with Crippen LogP contribution in [0.15, 0.2) is 4.52 Å². The van der Waals surface area contributed by atoms with Gasteiger partial charge in [-0.2, -0.15) is 16.7 Å². The van der Waals surface area contributed by atoms with E-state index in [9.17, 15) is 0 Å². The Hall–Kier alpha value is -0.550. The van der Waals surface area contributed by atoms with Gasteiger partial charge in [0, 0.05) is 0 Å². The first-order valence-corrected chi connectivity index (χ1v) is 4.70. The van der Waals surface area contributed by atoms with Gasteiger partial charge < -0.3 is 10.3 Å². The first kappa shape index (κ1) is 8.55. The van der Waals surface area contributed by atoms with Gasteiger partial charge in [-0.1, -0.05) is 5.16 Å². The number of hydrogen-bond donors (Lipinski definition) is 1. The molecule has 0 radical (unpaired) electrons. The van der Waals surface area contributed by atoms with E-state index in [4.69, 9.17) is 10.3 Å². The molecular formula is C6H11N3OS. The van der Waals surface area contributed by atoms with Gasteiger partial charge in [0.05, 0.1) is 11.8 Å². The number of nitrogens with two attached hydrogens (primary N) is 1. The highest BCUT2D eigenvalue weighted by Crippen LogP contribution is 2.09. The molecule has 0 fully saturated rings. The minimum absolute atomic E-state index is 0.168. The largest absolute Gasteiger partial charge is 0.338 e. The van der Waals surface area contributed by atoms with Gasteiger partial charge in [-0.15, -0.1) is 0 Å². The molecule has 0 spiro atoms. The number of thioether (sulfide) groups is 1. The van der Waals surface area contributed by atoms with E-state index in [1.54, 1.807) is 11.8 Å². The normalized spacial score (nSPS) is 13.4. The Balaban J connectivity index is 2.66. The zero-order valence-corrected chi connectivity index (χ0v) is 7.39. The van der Waals surface area contributed by atoms with Gasteiger partial charge in [-0.05, 0) is 13.2 Å². The van der Waals surface area contributed by atoms with Gasteiger partial charge in [-0.25, -0.2) is 0 Å². The number of hydrogen-bond acceptors (Lipinski definition) is 5. The highest BCUT2D eigenvalue weighted by atomic mass is 32.2. The average molecular weight is 173 g/mol. The second kappa shape index (κ2) is 3.73. The molecule has 5 heteroatoms. The lowest BCUT2D eigenvalue weighted by Gasteiger charge is -1.92. The Morgan fingerprint density at radius 3 is 2.91 bits per heavy atom. The van der Waals surface area contributed by atoms with Crippen LogP contribution in [-0.4, -0.2) is 16.4 Å². The molecule has 0 saturated carbocycles. The van der Waals surface area contributed by atoms with Crippen molar-refractivity contribution >= 4 is 11.8 Å². The molecular weight excluding hydrogens is 162 g/mol. The fraction of sp³-hybridized carbons (Fsp3) is 0.667. The molecule has 1 aromatic heterocycles. The molecule has 1 atom stereocenters. The summed E-state index contributed by atoms with van der Waals surface area (Å²) in [6.07, 6.45) is 1.99. The minimum Gasteiger partial charge on any atom is -0.338 e. The predicted octanol–water partition coefficient (Wildman–Crippen LogP) is 0.952. The quantitative estimate of drug-likeness (QED) is 0.737. The summed E-state index contributed by atoms with van der Waals surface area (Å²) < 4.78 is 4.88. The van der Waals surface area contributed by atoms with Crippen molar-refractivity contribution in [3.05, 3.63) is 11.7 Å². The van der Waals surface area contributed by atoms with Gasteiger partial charge in [0.15, 0.2) is 5.82 Å². The summed E-state index contributed by atoms with van der Waals surface area (Å²) in [4.78, 5) is 4.08. The van der Waals surface area contributed by atoms with Crippen LogP contribution < -0.4 is 5.73 Å². The average Bonchev–Trinajstić information content (AvgIpc) is 2.37. The molecule has 2 N–H and O–H groups in total. The zero-order chi connectivity index (χ0) is 8.27. The molecule has 0 saturated heterocycles. The van der Waals surface area contributed by atoms with Crippen LogP contribution >= 0.6 is 11.8 Å². The monoisotopic (exact) mass is 173 g/mol. The first-order valence-electron chi connectivity index (χ1n) is 3.31. The molecule has 62 valence electrons. The smallest absolute Gasteiger partial charge is 0.243 e. The number of nitrogens with zero attached hydrogens (tertiary/aromatic N) is 2. The molecule has 4 nitrogen and oxygen atoms in total. The highest BCUT2D eigenvalue weighted by molar-refractivity contribution is 7.97. The second-order valence-corrected chi connectivity index (χ2v) is 3.14. The van der Waals surface area contributed by atoms with Crippen molar-refractivity contribution in [2.75, 3.05) is 6.26 Å². The number of rotatable bonds is 3. The van der Waals surface area contributed by atoms with Gasteiger partial charge >= 0.3 is 0 Å². The summed E-state index contributed by atoms with van der Waals surface area (Å²) in [6, 6.07) is -0.168. The lowest BCUT2D eigenvalue weighted by Crippen LogP contribution is -2.05. The summed E-state index contributed by atoms with van der Waals surface area (Å²) >= 11 is 1.65. The van der Waals surface area contributed by atoms with E-state index in [1.807, 2.05) is 13.2 Å². The Bertz CT molecular complexity index is 223. The van der Waals surface area contributed by atoms with Crippen LogP contribution in [0.1, 0.15) is 24.7 Å². The van der Waals surface area contributed by atoms with Crippen LogP contribution in [0.4, 0.5) is 0 Å². The van der Waals surface area contributed by atoms with Gasteiger partial charge in [0.1, 0.15) is 0 Å². The molecule has 0 unspecified atom stereocenters. The SMILES string of the molecule is CSCc1noc([C@@H](C)N)n1. The van der Waals surface area contributed by atoms with Crippen molar-refractivity contribution in [3.63, 3.8) is 0 Å². The highest BCUT2D eigenvalue weighted by Gasteiger charge is 2.08. The maximum absolute atomic E-state index is 5.52. The van der Waals surface area contributed by atoms with Crippen LogP contribution in [0.25, 0.3) is 0 Å². The molecule has 0 aliphatic rings. The lowest BCUT2D eigenvalue weighted by molar-refractivity contribution is 0.358. The maximum Gasteiger partial charge on any atom is 0.243 e. The van der Waals surface area contributed by atoms with Crippen molar-refractivity contribution in [2.24, 2.45) is 5.73 Å². The van der Waals surface area contributed by atoms with E-state index in [2.05, 4.69) is 10.1 Å². The van der Waals surface area contributed by atoms with E-state index in [-0.39, 0.29) is 6.04 Å². The van der Waals surface area contributed by atoms with Crippen LogP contribution in [0.2, 0.25) is 0 Å². The second-order valence-electron chi connectivity index (χ2n) is 2.27. The van der Waals surface area contributed by atoms with E-state index < -0.39 is 0 Å². The summed E-state index contributed by atoms with van der Waals surface area (Å²) in [5, 5.41) is 3.74. The minimum atomic E-state index is -0.168. The van der Waals surface area contributed by atoms with Crippen LogP contribution in [-0.2, 0) is 5.75 Å². The van der Waals surface area contributed by atoms with Crippen LogP contribution in [0, 0.1) is 0 Å². The third kappa shape index (κ3) is 2.20. The molecule has 11 heavy (non-hydrogen) atoms. The predicted molar refractivity (Wildman–Crippen MR) is 44.1 cm³/mol. The standard InChI is InChI=1S/C6H11N3OS/c1-4(7)6-8-5(3-11-2)9-10-6/h4H,3,7H2,1-2H3/t4-/m1/s1. The molecule has 0 aliphatic heterocycles. The Morgan fingerprint density at radius 2 is 2.45 bits per heavy atom. The summed E-state index contributed by atoms with van der Waals surface area (Å²) in [5.41, 5.74) is 5.52. The molecule has 0 aliphatic carbocycles. The number of aromatic nitrogens is 2. The molecule has 1 aromatic rings. The van der Waals surface area contributed by atoms with Crippen molar-refractivity contribution in [1.82, 2.24) is 10.1 Å². The summed E-state index contributed by atoms with van der Waals surface area (Å²) in [7, 11) is 0. The molecule has 1 rings (SSSR count). The van der Waals surface area contributed by atoms with Crippen molar-refractivity contribution in [1.29, 1.82) is 0 Å². The van der Waals surface area contributed by atoms with E-state index in [0.29, 0.717) is 11.7 Å². The van der Waals surface area contributed by atoms with Crippen molar-refractivity contribution in [3.8, 4) is 0 Å². The molecule has 0 aromatic carbocycles. The van der Waals surface area contributed by atoms with Crippen molar-refractivity contribution in [2.45, 2.75) is 18.7 Å². The third-order valence-electron chi connectivity index (χ3n) is 1.15. The fourth-order valence-electron chi connectivity index (χ4n) is 0.640. The summed E-state index contributed by atoms with van der Waals surface area (Å²) in [5.74, 6) is 2.00. The topological polar surface area (TPSA) is 64.9 Å². The summed E-state index contributed by atoms with van der Waals surface area (Å²) in [6.45, 7) is 1.82. The first-order chi connectivity index (χ1) is 5.24. The van der Waals surface area contributed by atoms with Crippen molar-refractivity contribution < 1.29 is 4.52 Å². The fourth-order valence-corrected chi connectivity index (χ4v) is 1.02. The zero-order valence-electron chi connectivity index (χ0n) is 6.57. The third-order valence-corrected chi connectivity index (χ3v) is 1.69. The van der Waals surface area contributed by atoms with E-state index in [0.717, 1.165) is 5.75 Å². The van der Waals surface area contributed by atoms with Gasteiger partial charge in [0.25, 0.3) is 0 Å². The van der Waals surface area contributed by atoms with Crippen LogP contribution in [0.5, 0.6) is 0 Å². The van der Waals surface area contributed by atoms with Gasteiger partial charge in [0.2, 0.25) is 5.89 Å². The van der Waals surface area contributed by atoms with Crippen LogP contribution in [0.3, 0.4) is 0 Å². The van der Waals surface area contributed by atoms with E-state index in [1.165, 1.54) is 0 Å².